The summed E-state index contributed by atoms with van der Waals surface area (Å²) in [6.45, 7) is 3.40. The average molecular weight is 393 g/mol. The second-order valence-electron chi connectivity index (χ2n) is 4.27. The molecule has 0 aromatic heterocycles. The van der Waals surface area contributed by atoms with E-state index in [2.05, 4.69) is 15.6 Å². The molecule has 0 spiro atoms. The van der Waals surface area contributed by atoms with Crippen molar-refractivity contribution >= 4 is 29.9 Å². The molecule has 0 heterocycles. The summed E-state index contributed by atoms with van der Waals surface area (Å²) in [5, 5.41) is 6.50. The normalized spacial score (nSPS) is 12.3. The minimum absolute atomic E-state index is 0. The molecule has 1 atom stereocenters. The summed E-state index contributed by atoms with van der Waals surface area (Å²) in [5.41, 5.74) is 1.17. The predicted octanol–water partition coefficient (Wildman–Crippen LogP) is 2.01. The van der Waals surface area contributed by atoms with Crippen LogP contribution in [0, 0.1) is 0 Å². The number of aliphatic imine (C=N–C) groups is 1. The van der Waals surface area contributed by atoms with Gasteiger partial charge in [-0.1, -0.05) is 12.1 Å². The van der Waals surface area contributed by atoms with Gasteiger partial charge >= 0.3 is 0 Å². The summed E-state index contributed by atoms with van der Waals surface area (Å²) >= 11 is 0. The Balaban J connectivity index is 0.00000361. The summed E-state index contributed by atoms with van der Waals surface area (Å²) in [7, 11) is 5.10. The van der Waals surface area contributed by atoms with E-state index in [1.54, 1.807) is 21.3 Å². The van der Waals surface area contributed by atoms with Gasteiger partial charge in [0.25, 0.3) is 0 Å². The van der Waals surface area contributed by atoms with E-state index in [9.17, 15) is 0 Å². The first-order valence-electron chi connectivity index (χ1n) is 6.28. The molecule has 0 saturated heterocycles. The summed E-state index contributed by atoms with van der Waals surface area (Å²) in [5.74, 6) is 1.63. The molecule has 1 aromatic rings. The van der Waals surface area contributed by atoms with Crippen molar-refractivity contribution in [2.75, 3.05) is 27.9 Å². The van der Waals surface area contributed by atoms with E-state index in [1.807, 2.05) is 31.2 Å². The number of guanidine groups is 1. The van der Waals surface area contributed by atoms with E-state index in [4.69, 9.17) is 9.47 Å². The fourth-order valence-electron chi connectivity index (χ4n) is 1.65. The Bertz CT molecular complexity index is 396. The second kappa shape index (κ2) is 10.7. The smallest absolute Gasteiger partial charge is 0.191 e. The maximum Gasteiger partial charge on any atom is 0.191 e. The first-order chi connectivity index (χ1) is 9.19. The molecule has 1 rings (SSSR count). The van der Waals surface area contributed by atoms with E-state index >= 15 is 0 Å². The first-order valence-corrected chi connectivity index (χ1v) is 6.28. The van der Waals surface area contributed by atoms with Crippen molar-refractivity contribution in [3.8, 4) is 5.75 Å². The van der Waals surface area contributed by atoms with Crippen LogP contribution in [0.5, 0.6) is 5.75 Å². The number of rotatable bonds is 6. The zero-order chi connectivity index (χ0) is 14.1. The van der Waals surface area contributed by atoms with Gasteiger partial charge in [-0.2, -0.15) is 0 Å². The lowest BCUT2D eigenvalue weighted by molar-refractivity contribution is 0.179. The van der Waals surface area contributed by atoms with E-state index in [-0.39, 0.29) is 30.0 Å². The van der Waals surface area contributed by atoms with Gasteiger partial charge in [-0.3, -0.25) is 4.99 Å². The molecule has 0 bridgehead atoms. The van der Waals surface area contributed by atoms with Crippen LogP contribution in [-0.2, 0) is 11.3 Å². The Morgan fingerprint density at radius 3 is 2.40 bits per heavy atom. The number of methoxy groups -OCH3 is 2. The molecule has 114 valence electrons. The molecular formula is C14H24IN3O2. The van der Waals surface area contributed by atoms with Gasteiger partial charge < -0.3 is 20.1 Å². The number of nitrogens with zero attached hydrogens (tertiary/aromatic N) is 1. The number of hydrogen-bond donors (Lipinski definition) is 2. The molecular weight excluding hydrogens is 369 g/mol. The molecule has 0 aliphatic rings. The molecule has 0 fully saturated rings. The largest absolute Gasteiger partial charge is 0.497 e. The van der Waals surface area contributed by atoms with Gasteiger partial charge in [0, 0.05) is 26.7 Å². The van der Waals surface area contributed by atoms with Crippen LogP contribution in [0.3, 0.4) is 0 Å². The van der Waals surface area contributed by atoms with Crippen molar-refractivity contribution in [1.29, 1.82) is 0 Å². The van der Waals surface area contributed by atoms with Crippen LogP contribution < -0.4 is 15.4 Å². The highest BCUT2D eigenvalue weighted by Crippen LogP contribution is 2.10. The maximum absolute atomic E-state index is 5.13. The molecule has 1 aromatic carbocycles. The lowest BCUT2D eigenvalue weighted by Crippen LogP contribution is -2.43. The molecule has 0 aliphatic carbocycles. The molecule has 2 N–H and O–H groups in total. The van der Waals surface area contributed by atoms with Crippen LogP contribution in [0.25, 0.3) is 0 Å². The van der Waals surface area contributed by atoms with Crippen LogP contribution in [-0.4, -0.2) is 39.9 Å². The Hall–Kier alpha value is -1.02. The highest BCUT2D eigenvalue weighted by Gasteiger charge is 2.04. The van der Waals surface area contributed by atoms with Crippen molar-refractivity contribution in [2.24, 2.45) is 4.99 Å². The molecule has 6 heteroatoms. The Labute approximate surface area is 138 Å². The monoisotopic (exact) mass is 393 g/mol. The Morgan fingerprint density at radius 2 is 1.90 bits per heavy atom. The van der Waals surface area contributed by atoms with E-state index in [1.165, 1.54) is 5.56 Å². The summed E-state index contributed by atoms with van der Waals surface area (Å²) in [6.07, 6.45) is 0. The standard InChI is InChI=1S/C14H23N3O2.HI/c1-11(10-18-3)17-14(15-2)16-9-12-5-7-13(19-4)8-6-12;/h5-8,11H,9-10H2,1-4H3,(H2,15,16,17);1H. The molecule has 0 radical (unpaired) electrons. The third kappa shape index (κ3) is 6.95. The summed E-state index contributed by atoms with van der Waals surface area (Å²) in [4.78, 5) is 4.17. The average Bonchev–Trinajstić information content (AvgIpc) is 2.44. The number of benzene rings is 1. The van der Waals surface area contributed by atoms with Gasteiger partial charge in [0.05, 0.1) is 13.7 Å². The molecule has 0 amide bonds. The first kappa shape index (κ1) is 19.0. The van der Waals surface area contributed by atoms with Crippen LogP contribution in [0.4, 0.5) is 0 Å². The van der Waals surface area contributed by atoms with Crippen LogP contribution in [0.2, 0.25) is 0 Å². The molecule has 0 saturated carbocycles. The van der Waals surface area contributed by atoms with Crippen molar-refractivity contribution in [3.05, 3.63) is 29.8 Å². The minimum atomic E-state index is 0. The quantitative estimate of drug-likeness (QED) is 0.441. The fraction of sp³-hybridized carbons (Fsp3) is 0.500. The lowest BCUT2D eigenvalue weighted by atomic mass is 10.2. The van der Waals surface area contributed by atoms with Gasteiger partial charge in [-0.15, -0.1) is 24.0 Å². The topological polar surface area (TPSA) is 54.9 Å². The lowest BCUT2D eigenvalue weighted by Gasteiger charge is -2.17. The summed E-state index contributed by atoms with van der Waals surface area (Å²) in [6, 6.07) is 8.16. The van der Waals surface area contributed by atoms with E-state index in [0.29, 0.717) is 13.2 Å². The minimum Gasteiger partial charge on any atom is -0.497 e. The van der Waals surface area contributed by atoms with Gasteiger partial charge in [-0.25, -0.2) is 0 Å². The number of ether oxygens (including phenoxy) is 2. The van der Waals surface area contributed by atoms with Crippen LogP contribution in [0.15, 0.2) is 29.3 Å². The SMILES string of the molecule is CN=C(NCc1ccc(OC)cc1)NC(C)COC.I. The van der Waals surface area contributed by atoms with E-state index in [0.717, 1.165) is 11.7 Å². The van der Waals surface area contributed by atoms with Gasteiger partial charge in [0.2, 0.25) is 0 Å². The zero-order valence-corrected chi connectivity index (χ0v) is 14.8. The maximum atomic E-state index is 5.13. The fourth-order valence-corrected chi connectivity index (χ4v) is 1.65. The molecule has 5 nitrogen and oxygen atoms in total. The molecule has 20 heavy (non-hydrogen) atoms. The van der Waals surface area contributed by atoms with Crippen molar-refractivity contribution in [1.82, 2.24) is 10.6 Å². The third-order valence-corrected chi connectivity index (χ3v) is 2.64. The van der Waals surface area contributed by atoms with E-state index < -0.39 is 0 Å². The third-order valence-electron chi connectivity index (χ3n) is 2.64. The van der Waals surface area contributed by atoms with Crippen molar-refractivity contribution in [3.63, 3.8) is 0 Å². The molecule has 1 unspecified atom stereocenters. The Kier molecular flexibility index (Phi) is 10.2. The van der Waals surface area contributed by atoms with Crippen LogP contribution >= 0.6 is 24.0 Å². The van der Waals surface area contributed by atoms with Gasteiger partial charge in [0.1, 0.15) is 5.75 Å². The number of hydrogen-bond acceptors (Lipinski definition) is 3. The van der Waals surface area contributed by atoms with Crippen molar-refractivity contribution < 1.29 is 9.47 Å². The predicted molar refractivity (Wildman–Crippen MR) is 93.1 cm³/mol. The van der Waals surface area contributed by atoms with Crippen molar-refractivity contribution in [2.45, 2.75) is 19.5 Å². The van der Waals surface area contributed by atoms with Crippen LogP contribution in [0.1, 0.15) is 12.5 Å². The Morgan fingerprint density at radius 1 is 1.25 bits per heavy atom. The van der Waals surface area contributed by atoms with Gasteiger partial charge in [0.15, 0.2) is 5.96 Å². The number of nitrogens with one attached hydrogen (secondary N) is 2. The molecule has 0 aliphatic heterocycles. The summed E-state index contributed by atoms with van der Waals surface area (Å²) < 4.78 is 10.2. The zero-order valence-electron chi connectivity index (χ0n) is 12.5. The highest BCUT2D eigenvalue weighted by atomic mass is 127. The highest BCUT2D eigenvalue weighted by molar-refractivity contribution is 14.0. The second-order valence-corrected chi connectivity index (χ2v) is 4.27. The van der Waals surface area contributed by atoms with Gasteiger partial charge in [-0.05, 0) is 24.6 Å². The number of halogens is 1.